The molecule has 2 rings (SSSR count). The molecule has 2 N–H and O–H groups in total. The molecule has 0 radical (unpaired) electrons. The van der Waals surface area contributed by atoms with Gasteiger partial charge in [0.2, 0.25) is 11.8 Å². The fourth-order valence-corrected chi connectivity index (χ4v) is 2.31. The number of hydrogen-bond acceptors (Lipinski definition) is 2. The lowest BCUT2D eigenvalue weighted by molar-refractivity contribution is -0.120. The van der Waals surface area contributed by atoms with Gasteiger partial charge >= 0.3 is 7.55 Å². The quantitative estimate of drug-likeness (QED) is 0.803. The first kappa shape index (κ1) is 16.8. The molecule has 0 fully saturated rings. The Morgan fingerprint density at radius 2 is 1.09 bits per heavy atom. The largest absolute Gasteiger partial charge is 0.382 e. The number of rotatable bonds is 6. The van der Waals surface area contributed by atoms with Gasteiger partial charge in [-0.25, -0.2) is 0 Å². The van der Waals surface area contributed by atoms with Gasteiger partial charge in [0, 0.05) is 0 Å². The normalized spacial score (nSPS) is 12.8. The third-order valence-electron chi connectivity index (χ3n) is 3.91. The molecule has 0 heterocycles. The summed E-state index contributed by atoms with van der Waals surface area (Å²) in [5.74, 6) is -0.716. The number of hydrogen-bond donors (Lipinski definition) is 2. The van der Waals surface area contributed by atoms with Crippen LogP contribution in [-0.4, -0.2) is 19.4 Å². The van der Waals surface area contributed by atoms with Crippen molar-refractivity contribution in [2.24, 2.45) is 0 Å². The summed E-state index contributed by atoms with van der Waals surface area (Å²) in [7, 11) is 0.131. The van der Waals surface area contributed by atoms with Gasteiger partial charge in [-0.15, -0.1) is 0 Å². The molecule has 2 aromatic carbocycles. The highest BCUT2D eigenvalue weighted by Crippen LogP contribution is 2.15. The fraction of sp³-hybridized carbons (Fsp3) is 0.222. The average Bonchev–Trinajstić information content (AvgIpc) is 2.61. The van der Waals surface area contributed by atoms with Crippen molar-refractivity contribution in [1.29, 1.82) is 0 Å². The molecule has 0 saturated carbocycles. The topological polar surface area (TPSA) is 58.2 Å². The van der Waals surface area contributed by atoms with E-state index in [0.29, 0.717) is 0 Å². The van der Waals surface area contributed by atoms with Gasteiger partial charge in [0.15, 0.2) is 0 Å². The van der Waals surface area contributed by atoms with Crippen LogP contribution in [0.4, 0.5) is 0 Å². The Kier molecular flexibility index (Phi) is 5.98. The molecule has 118 valence electrons. The van der Waals surface area contributed by atoms with E-state index in [1.165, 1.54) is 0 Å². The first-order valence-corrected chi connectivity index (χ1v) is 7.75. The van der Waals surface area contributed by atoms with Crippen LogP contribution in [0.1, 0.15) is 36.8 Å². The Balaban J connectivity index is 1.80. The molecule has 0 spiro atoms. The van der Waals surface area contributed by atoms with E-state index in [1.54, 1.807) is 0 Å². The second-order valence-electron chi connectivity index (χ2n) is 5.52. The molecule has 0 aromatic heterocycles. The maximum atomic E-state index is 12.1. The minimum atomic E-state index is -0.250. The standard InChI is InChI=1S/C18H21BN2O2/c1-13(15-9-5-3-6-10-15)17(22)20-19-21-18(23)14(2)16-11-7-4-8-12-16/h3-14,19H,1-2H3,(H,20,22)(H,21,23). The van der Waals surface area contributed by atoms with Crippen LogP contribution in [0.15, 0.2) is 60.7 Å². The first-order chi connectivity index (χ1) is 11.1. The summed E-state index contributed by atoms with van der Waals surface area (Å²) in [6.45, 7) is 3.69. The lowest BCUT2D eigenvalue weighted by Crippen LogP contribution is -2.43. The molecular weight excluding hydrogens is 287 g/mol. The van der Waals surface area contributed by atoms with Crippen LogP contribution >= 0.6 is 0 Å². The Labute approximate surface area is 137 Å². The highest BCUT2D eigenvalue weighted by molar-refractivity contribution is 6.39. The number of carbonyl (C=O) groups is 2. The molecule has 0 bridgehead atoms. The summed E-state index contributed by atoms with van der Waals surface area (Å²) in [5.41, 5.74) is 1.91. The summed E-state index contributed by atoms with van der Waals surface area (Å²) >= 11 is 0. The minimum Gasteiger partial charge on any atom is -0.382 e. The zero-order chi connectivity index (χ0) is 16.7. The number of benzene rings is 2. The lowest BCUT2D eigenvalue weighted by atomic mass is 9.96. The maximum absolute atomic E-state index is 12.1. The highest BCUT2D eigenvalue weighted by Gasteiger charge is 2.17. The number of amides is 2. The van der Waals surface area contributed by atoms with E-state index in [2.05, 4.69) is 10.5 Å². The van der Waals surface area contributed by atoms with Crippen molar-refractivity contribution < 1.29 is 9.59 Å². The smallest absolute Gasteiger partial charge is 0.355 e. The summed E-state index contributed by atoms with van der Waals surface area (Å²) < 4.78 is 0. The van der Waals surface area contributed by atoms with Crippen molar-refractivity contribution in [3.63, 3.8) is 0 Å². The molecule has 2 amide bonds. The molecule has 0 aliphatic heterocycles. The molecule has 0 saturated heterocycles. The Hall–Kier alpha value is -2.56. The monoisotopic (exact) mass is 308 g/mol. The van der Waals surface area contributed by atoms with Gasteiger partial charge in [0.05, 0.1) is 11.8 Å². The summed E-state index contributed by atoms with van der Waals surface area (Å²) in [6.07, 6.45) is 0. The molecule has 2 aromatic rings. The maximum Gasteiger partial charge on any atom is 0.355 e. The zero-order valence-corrected chi connectivity index (χ0v) is 13.5. The van der Waals surface area contributed by atoms with Crippen LogP contribution in [0.5, 0.6) is 0 Å². The Bertz CT molecular complexity index is 589. The Morgan fingerprint density at radius 1 is 0.739 bits per heavy atom. The van der Waals surface area contributed by atoms with Crippen LogP contribution in [0.3, 0.4) is 0 Å². The fourth-order valence-electron chi connectivity index (χ4n) is 2.31. The summed E-state index contributed by atoms with van der Waals surface area (Å²) in [6, 6.07) is 19.1. The summed E-state index contributed by atoms with van der Waals surface area (Å²) in [4.78, 5) is 24.2. The van der Waals surface area contributed by atoms with Crippen molar-refractivity contribution in [2.75, 3.05) is 0 Å². The van der Waals surface area contributed by atoms with E-state index in [1.807, 2.05) is 74.5 Å². The van der Waals surface area contributed by atoms with Gasteiger partial charge < -0.3 is 10.5 Å². The lowest BCUT2D eigenvalue weighted by Gasteiger charge is -2.14. The first-order valence-electron chi connectivity index (χ1n) is 7.75. The van der Waals surface area contributed by atoms with E-state index in [9.17, 15) is 9.59 Å². The Morgan fingerprint density at radius 3 is 1.43 bits per heavy atom. The van der Waals surface area contributed by atoms with Crippen molar-refractivity contribution in [1.82, 2.24) is 10.5 Å². The molecule has 4 nitrogen and oxygen atoms in total. The van der Waals surface area contributed by atoms with Gasteiger partial charge in [-0.1, -0.05) is 60.7 Å². The van der Waals surface area contributed by atoms with Crippen LogP contribution in [0, 0.1) is 0 Å². The molecule has 0 aliphatic rings. The van der Waals surface area contributed by atoms with E-state index in [-0.39, 0.29) is 31.2 Å². The van der Waals surface area contributed by atoms with Crippen LogP contribution in [0.25, 0.3) is 0 Å². The van der Waals surface area contributed by atoms with Crippen molar-refractivity contribution >= 4 is 19.4 Å². The van der Waals surface area contributed by atoms with Crippen molar-refractivity contribution in [3.05, 3.63) is 71.8 Å². The average molecular weight is 308 g/mol. The summed E-state index contributed by atoms with van der Waals surface area (Å²) in [5, 5.41) is 5.49. The van der Waals surface area contributed by atoms with Crippen LogP contribution in [-0.2, 0) is 9.59 Å². The third-order valence-corrected chi connectivity index (χ3v) is 3.91. The van der Waals surface area contributed by atoms with Crippen molar-refractivity contribution in [3.8, 4) is 0 Å². The van der Waals surface area contributed by atoms with Crippen LogP contribution < -0.4 is 10.5 Å². The SMILES string of the molecule is CC(C(=O)NBNC(=O)C(C)c1ccccc1)c1ccccc1. The molecule has 2 atom stereocenters. The van der Waals surface area contributed by atoms with Crippen LogP contribution in [0.2, 0.25) is 0 Å². The van der Waals surface area contributed by atoms with E-state index in [0.717, 1.165) is 11.1 Å². The molecule has 2 unspecified atom stereocenters. The predicted octanol–water partition coefficient (Wildman–Crippen LogP) is 2.09. The second kappa shape index (κ2) is 8.18. The number of carbonyl (C=O) groups excluding carboxylic acids is 2. The highest BCUT2D eigenvalue weighted by atomic mass is 16.2. The van der Waals surface area contributed by atoms with Crippen molar-refractivity contribution in [2.45, 2.75) is 25.7 Å². The van der Waals surface area contributed by atoms with E-state index < -0.39 is 0 Å². The zero-order valence-electron chi connectivity index (χ0n) is 13.5. The minimum absolute atomic E-state index is 0.108. The molecule has 0 aliphatic carbocycles. The predicted molar refractivity (Wildman–Crippen MR) is 93.1 cm³/mol. The van der Waals surface area contributed by atoms with Gasteiger partial charge in [-0.05, 0) is 25.0 Å². The van der Waals surface area contributed by atoms with Gasteiger partial charge in [-0.3, -0.25) is 9.59 Å². The molecule has 5 heteroatoms. The van der Waals surface area contributed by atoms with E-state index >= 15 is 0 Å². The molecular formula is C18H21BN2O2. The van der Waals surface area contributed by atoms with Gasteiger partial charge in [0.1, 0.15) is 0 Å². The third kappa shape index (κ3) is 4.71. The van der Waals surface area contributed by atoms with E-state index in [4.69, 9.17) is 0 Å². The number of nitrogens with one attached hydrogen (secondary N) is 2. The van der Waals surface area contributed by atoms with Gasteiger partial charge in [-0.2, -0.15) is 0 Å². The van der Waals surface area contributed by atoms with Gasteiger partial charge in [0.25, 0.3) is 0 Å². The molecule has 23 heavy (non-hydrogen) atoms. The second-order valence-corrected chi connectivity index (χ2v) is 5.52.